The highest BCUT2D eigenvalue weighted by Crippen LogP contribution is 2.19. The van der Waals surface area contributed by atoms with E-state index in [1.807, 2.05) is 18.3 Å². The molecule has 2 aromatic rings. The zero-order valence-corrected chi connectivity index (χ0v) is 15.0. The molecule has 0 spiro atoms. The fraction of sp³-hybridized carbons (Fsp3) is 0.278. The summed E-state index contributed by atoms with van der Waals surface area (Å²) in [5, 5.41) is 2.05. The largest absolute Gasteiger partial charge is 0.453 e. The van der Waals surface area contributed by atoms with Crippen molar-refractivity contribution < 1.29 is 27.9 Å². The standard InChI is InChI=1S/C18H17F2NO4S/c1-10-6-8-15(26-10)14(22)7-9-16(23)25-11(2)18(24)21-17-12(19)4-3-5-13(17)20/h3-6,8,11H,7,9H2,1-2H3,(H,21,24)/t11-/m0/s1. The summed E-state index contributed by atoms with van der Waals surface area (Å²) in [6, 6.07) is 6.65. The predicted molar refractivity (Wildman–Crippen MR) is 93.2 cm³/mol. The number of benzene rings is 1. The van der Waals surface area contributed by atoms with E-state index in [9.17, 15) is 23.2 Å². The highest BCUT2D eigenvalue weighted by molar-refractivity contribution is 7.14. The van der Waals surface area contributed by atoms with Crippen molar-refractivity contribution in [2.24, 2.45) is 0 Å². The van der Waals surface area contributed by atoms with Crippen molar-refractivity contribution in [1.82, 2.24) is 0 Å². The SMILES string of the molecule is Cc1ccc(C(=O)CCC(=O)O[C@@H](C)C(=O)Nc2c(F)cccc2F)s1. The maximum atomic E-state index is 13.5. The molecular formula is C18H17F2NO4S. The van der Waals surface area contributed by atoms with Gasteiger partial charge in [-0.2, -0.15) is 0 Å². The number of aryl methyl sites for hydroxylation is 1. The lowest BCUT2D eigenvalue weighted by atomic mass is 10.2. The van der Waals surface area contributed by atoms with Gasteiger partial charge in [-0.05, 0) is 38.1 Å². The fourth-order valence-electron chi connectivity index (χ4n) is 2.07. The summed E-state index contributed by atoms with van der Waals surface area (Å²) in [6.07, 6.45) is -1.50. The third kappa shape index (κ3) is 5.19. The molecule has 1 N–H and O–H groups in total. The van der Waals surface area contributed by atoms with Crippen molar-refractivity contribution in [3.63, 3.8) is 0 Å². The Labute approximate surface area is 153 Å². The van der Waals surface area contributed by atoms with Crippen LogP contribution in [0, 0.1) is 18.6 Å². The van der Waals surface area contributed by atoms with E-state index >= 15 is 0 Å². The van der Waals surface area contributed by atoms with Gasteiger partial charge in [-0.25, -0.2) is 8.78 Å². The highest BCUT2D eigenvalue weighted by atomic mass is 32.1. The van der Waals surface area contributed by atoms with Crippen LogP contribution in [0.15, 0.2) is 30.3 Å². The summed E-state index contributed by atoms with van der Waals surface area (Å²) in [5.41, 5.74) is -0.608. The third-order valence-electron chi connectivity index (χ3n) is 3.46. The summed E-state index contributed by atoms with van der Waals surface area (Å²) < 4.78 is 31.9. The topological polar surface area (TPSA) is 72.5 Å². The van der Waals surface area contributed by atoms with Gasteiger partial charge < -0.3 is 10.1 Å². The number of ketones is 1. The number of rotatable bonds is 7. The van der Waals surface area contributed by atoms with Gasteiger partial charge in [0.2, 0.25) is 0 Å². The predicted octanol–water partition coefficient (Wildman–Crippen LogP) is 3.87. The Morgan fingerprint density at radius 2 is 1.77 bits per heavy atom. The summed E-state index contributed by atoms with van der Waals surface area (Å²) >= 11 is 1.33. The van der Waals surface area contributed by atoms with Crippen LogP contribution in [0.3, 0.4) is 0 Å². The van der Waals surface area contributed by atoms with E-state index in [1.54, 1.807) is 6.07 Å². The molecule has 1 heterocycles. The molecule has 138 valence electrons. The van der Waals surface area contributed by atoms with Gasteiger partial charge >= 0.3 is 5.97 Å². The number of carbonyl (C=O) groups excluding carboxylic acids is 3. The quantitative estimate of drug-likeness (QED) is 0.584. The molecule has 0 aliphatic carbocycles. The van der Waals surface area contributed by atoms with Gasteiger partial charge in [0.05, 0.1) is 11.3 Å². The van der Waals surface area contributed by atoms with Gasteiger partial charge in [0.15, 0.2) is 11.9 Å². The van der Waals surface area contributed by atoms with E-state index in [0.29, 0.717) is 4.88 Å². The molecule has 0 unspecified atom stereocenters. The van der Waals surface area contributed by atoms with Crippen molar-refractivity contribution >= 4 is 34.7 Å². The van der Waals surface area contributed by atoms with E-state index in [2.05, 4.69) is 0 Å². The van der Waals surface area contributed by atoms with Crippen molar-refractivity contribution in [3.8, 4) is 0 Å². The van der Waals surface area contributed by atoms with Crippen LogP contribution in [0.2, 0.25) is 0 Å². The molecule has 1 aromatic carbocycles. The number of hydrogen-bond donors (Lipinski definition) is 1. The van der Waals surface area contributed by atoms with Crippen molar-refractivity contribution in [1.29, 1.82) is 0 Å². The highest BCUT2D eigenvalue weighted by Gasteiger charge is 2.21. The molecule has 0 saturated carbocycles. The monoisotopic (exact) mass is 381 g/mol. The van der Waals surface area contributed by atoms with E-state index in [4.69, 9.17) is 4.74 Å². The van der Waals surface area contributed by atoms with Crippen LogP contribution < -0.4 is 5.32 Å². The van der Waals surface area contributed by atoms with Crippen molar-refractivity contribution in [2.75, 3.05) is 5.32 Å². The van der Waals surface area contributed by atoms with Gasteiger partial charge in [-0.1, -0.05) is 6.07 Å². The van der Waals surface area contributed by atoms with Crippen LogP contribution in [-0.2, 0) is 14.3 Å². The van der Waals surface area contributed by atoms with Crippen LogP contribution in [0.1, 0.15) is 34.3 Å². The van der Waals surface area contributed by atoms with Gasteiger partial charge in [0.1, 0.15) is 17.3 Å². The molecule has 0 bridgehead atoms. The maximum absolute atomic E-state index is 13.5. The molecule has 1 atom stereocenters. The molecule has 1 amide bonds. The van der Waals surface area contributed by atoms with E-state index in [0.717, 1.165) is 23.1 Å². The smallest absolute Gasteiger partial charge is 0.307 e. The Morgan fingerprint density at radius 3 is 2.35 bits per heavy atom. The first-order valence-corrected chi connectivity index (χ1v) is 8.63. The fourth-order valence-corrected chi connectivity index (χ4v) is 2.91. The first kappa shape index (κ1) is 19.7. The molecule has 0 aliphatic rings. The second-order valence-electron chi connectivity index (χ2n) is 5.55. The summed E-state index contributed by atoms with van der Waals surface area (Å²) in [7, 11) is 0. The minimum Gasteiger partial charge on any atom is -0.453 e. The van der Waals surface area contributed by atoms with Crippen LogP contribution in [0.4, 0.5) is 14.5 Å². The lowest BCUT2D eigenvalue weighted by Gasteiger charge is -2.14. The van der Waals surface area contributed by atoms with Crippen LogP contribution in [-0.4, -0.2) is 23.8 Å². The number of hydrogen-bond acceptors (Lipinski definition) is 5. The van der Waals surface area contributed by atoms with Gasteiger partial charge in [-0.3, -0.25) is 14.4 Å². The van der Waals surface area contributed by atoms with E-state index in [-0.39, 0.29) is 18.6 Å². The molecule has 2 rings (SSSR count). The molecule has 26 heavy (non-hydrogen) atoms. The molecule has 0 radical (unpaired) electrons. The lowest BCUT2D eigenvalue weighted by molar-refractivity contribution is -0.153. The summed E-state index contributed by atoms with van der Waals surface area (Å²) in [5.74, 6) is -3.68. The first-order valence-electron chi connectivity index (χ1n) is 7.82. The molecular weight excluding hydrogens is 364 g/mol. The summed E-state index contributed by atoms with van der Waals surface area (Å²) in [4.78, 5) is 37.2. The van der Waals surface area contributed by atoms with Crippen LogP contribution in [0.5, 0.6) is 0 Å². The maximum Gasteiger partial charge on any atom is 0.307 e. The van der Waals surface area contributed by atoms with E-state index in [1.165, 1.54) is 18.3 Å². The number of amides is 1. The Hall–Kier alpha value is -2.61. The molecule has 0 saturated heterocycles. The second-order valence-corrected chi connectivity index (χ2v) is 6.84. The van der Waals surface area contributed by atoms with E-state index < -0.39 is 35.3 Å². The zero-order valence-electron chi connectivity index (χ0n) is 14.2. The van der Waals surface area contributed by atoms with Crippen LogP contribution >= 0.6 is 11.3 Å². The zero-order chi connectivity index (χ0) is 19.3. The van der Waals surface area contributed by atoms with Crippen molar-refractivity contribution in [3.05, 3.63) is 51.7 Å². The minimum absolute atomic E-state index is 0.0466. The number of halogens is 2. The summed E-state index contributed by atoms with van der Waals surface area (Å²) in [6.45, 7) is 3.14. The molecule has 5 nitrogen and oxygen atoms in total. The normalized spacial score (nSPS) is 11.7. The molecule has 8 heteroatoms. The minimum atomic E-state index is -1.26. The number of ether oxygens (including phenoxy) is 1. The lowest BCUT2D eigenvalue weighted by Crippen LogP contribution is -2.30. The number of Topliss-reactive ketones (excluding diaryl/α,β-unsaturated/α-hetero) is 1. The van der Waals surface area contributed by atoms with Gasteiger partial charge in [-0.15, -0.1) is 11.3 Å². The number of esters is 1. The number of carbonyl (C=O) groups is 3. The second kappa shape index (κ2) is 8.66. The average molecular weight is 381 g/mol. The third-order valence-corrected chi connectivity index (χ3v) is 4.50. The van der Waals surface area contributed by atoms with Crippen LogP contribution in [0.25, 0.3) is 0 Å². The Balaban J connectivity index is 1.84. The number of thiophene rings is 1. The number of anilines is 1. The number of nitrogens with one attached hydrogen (secondary N) is 1. The van der Waals surface area contributed by atoms with Gasteiger partial charge in [0.25, 0.3) is 5.91 Å². The first-order chi connectivity index (χ1) is 12.3. The molecule has 1 aromatic heterocycles. The van der Waals surface area contributed by atoms with Crippen molar-refractivity contribution in [2.45, 2.75) is 32.8 Å². The Bertz CT molecular complexity index is 814. The molecule has 0 aliphatic heterocycles. The average Bonchev–Trinajstić information content (AvgIpc) is 3.02. The Morgan fingerprint density at radius 1 is 1.12 bits per heavy atom. The van der Waals surface area contributed by atoms with Gasteiger partial charge in [0, 0.05) is 11.3 Å². The Kier molecular flexibility index (Phi) is 6.57. The molecule has 0 fully saturated rings. The number of para-hydroxylation sites is 1.